The summed E-state index contributed by atoms with van der Waals surface area (Å²) in [5.41, 5.74) is 5.00. The lowest BCUT2D eigenvalue weighted by atomic mass is 9.96. The summed E-state index contributed by atoms with van der Waals surface area (Å²) in [6.45, 7) is 5.41. The monoisotopic (exact) mass is 461 g/mol. The topological polar surface area (TPSA) is 86.0 Å². The normalized spacial score (nSPS) is 12.5. The molecule has 0 fully saturated rings. The summed E-state index contributed by atoms with van der Waals surface area (Å²) in [5, 5.41) is 19.8. The lowest BCUT2D eigenvalue weighted by Gasteiger charge is -2.21. The maximum atomic E-state index is 12.5. The molecule has 0 aliphatic rings. The van der Waals surface area contributed by atoms with Crippen molar-refractivity contribution < 1.29 is 9.53 Å². The Bertz CT molecular complexity index is 1160. The summed E-state index contributed by atoms with van der Waals surface area (Å²) < 4.78 is 5.45. The standard InChI is InChI=1S/C27H28ClN3O2/c1-4-19-8-7-9-22(16-19)20-12-14-21(15-13-20)25(30)26(17(2)29)31-27(32)33-18(3)23-10-5-6-11-24(23)28/h5-16,18,26,29-30H,4H2,1-3H3,(H,31,32). The van der Waals surface area contributed by atoms with E-state index in [2.05, 4.69) is 30.4 Å². The van der Waals surface area contributed by atoms with Gasteiger partial charge in [0, 0.05) is 16.3 Å². The van der Waals surface area contributed by atoms with Gasteiger partial charge < -0.3 is 20.9 Å². The molecule has 33 heavy (non-hydrogen) atoms. The number of hydrogen-bond donors (Lipinski definition) is 3. The van der Waals surface area contributed by atoms with Crippen LogP contribution in [0, 0.1) is 10.8 Å². The van der Waals surface area contributed by atoms with E-state index in [9.17, 15) is 4.79 Å². The van der Waals surface area contributed by atoms with Crippen LogP contribution in [0.4, 0.5) is 4.79 Å². The third-order valence-electron chi connectivity index (χ3n) is 5.48. The van der Waals surface area contributed by atoms with Crippen molar-refractivity contribution in [3.8, 4) is 11.1 Å². The number of hydrogen-bond acceptors (Lipinski definition) is 4. The molecule has 3 aromatic rings. The Labute approximate surface area is 199 Å². The molecule has 0 saturated heterocycles. The first-order valence-electron chi connectivity index (χ1n) is 10.8. The fourth-order valence-electron chi connectivity index (χ4n) is 3.56. The van der Waals surface area contributed by atoms with Gasteiger partial charge in [-0.3, -0.25) is 0 Å². The second-order valence-corrected chi connectivity index (χ2v) is 8.28. The van der Waals surface area contributed by atoms with Crippen molar-refractivity contribution in [3.05, 3.63) is 94.5 Å². The fraction of sp³-hybridized carbons (Fsp3) is 0.222. The molecule has 0 radical (unpaired) electrons. The Morgan fingerprint density at radius 3 is 2.33 bits per heavy atom. The summed E-state index contributed by atoms with van der Waals surface area (Å²) in [5.74, 6) is 0. The Morgan fingerprint density at radius 2 is 1.70 bits per heavy atom. The lowest BCUT2D eigenvalue weighted by molar-refractivity contribution is 0.107. The van der Waals surface area contributed by atoms with Crippen LogP contribution >= 0.6 is 11.6 Å². The van der Waals surface area contributed by atoms with Gasteiger partial charge in [0.2, 0.25) is 0 Å². The van der Waals surface area contributed by atoms with Gasteiger partial charge in [0.25, 0.3) is 0 Å². The van der Waals surface area contributed by atoms with Gasteiger partial charge >= 0.3 is 6.09 Å². The average molecular weight is 462 g/mol. The molecule has 0 heterocycles. The van der Waals surface area contributed by atoms with Gasteiger partial charge in [-0.2, -0.15) is 0 Å². The molecule has 2 atom stereocenters. The number of benzene rings is 3. The van der Waals surface area contributed by atoms with Crippen LogP contribution in [-0.4, -0.2) is 23.6 Å². The van der Waals surface area contributed by atoms with E-state index in [0.717, 1.165) is 17.5 Å². The number of halogens is 1. The van der Waals surface area contributed by atoms with Gasteiger partial charge in [-0.1, -0.05) is 85.3 Å². The highest BCUT2D eigenvalue weighted by molar-refractivity contribution is 6.31. The predicted octanol–water partition coefficient (Wildman–Crippen LogP) is 6.83. The van der Waals surface area contributed by atoms with E-state index in [1.807, 2.05) is 36.4 Å². The fourth-order valence-corrected chi connectivity index (χ4v) is 3.85. The van der Waals surface area contributed by atoms with Crippen molar-refractivity contribution in [1.29, 1.82) is 10.8 Å². The van der Waals surface area contributed by atoms with Crippen molar-refractivity contribution in [3.63, 3.8) is 0 Å². The number of carbonyl (C=O) groups excluding carboxylic acids is 1. The predicted molar refractivity (Wildman–Crippen MR) is 135 cm³/mol. The third kappa shape index (κ3) is 6.08. The number of aryl methyl sites for hydroxylation is 1. The molecular weight excluding hydrogens is 434 g/mol. The molecule has 0 aromatic heterocycles. The van der Waals surface area contributed by atoms with Crippen molar-refractivity contribution in [2.75, 3.05) is 0 Å². The Kier molecular flexibility index (Phi) is 8.01. The van der Waals surface area contributed by atoms with E-state index in [0.29, 0.717) is 16.1 Å². The van der Waals surface area contributed by atoms with Crippen LogP contribution in [0.25, 0.3) is 11.1 Å². The van der Waals surface area contributed by atoms with Crippen molar-refractivity contribution in [1.82, 2.24) is 5.32 Å². The first kappa shape index (κ1) is 24.2. The van der Waals surface area contributed by atoms with E-state index in [4.69, 9.17) is 27.2 Å². The van der Waals surface area contributed by atoms with Gasteiger partial charge in [0.05, 0.1) is 5.71 Å². The van der Waals surface area contributed by atoms with Crippen LogP contribution < -0.4 is 5.32 Å². The molecule has 0 saturated carbocycles. The number of ether oxygens (including phenoxy) is 1. The van der Waals surface area contributed by atoms with Crippen LogP contribution in [0.15, 0.2) is 72.8 Å². The molecular formula is C27H28ClN3O2. The van der Waals surface area contributed by atoms with Crippen LogP contribution in [0.5, 0.6) is 0 Å². The summed E-state index contributed by atoms with van der Waals surface area (Å²) in [4.78, 5) is 12.5. The van der Waals surface area contributed by atoms with Crippen LogP contribution in [-0.2, 0) is 11.2 Å². The number of nitrogens with one attached hydrogen (secondary N) is 3. The lowest BCUT2D eigenvalue weighted by Crippen LogP contribution is -2.45. The minimum Gasteiger partial charge on any atom is -0.442 e. The second kappa shape index (κ2) is 10.9. The average Bonchev–Trinajstić information content (AvgIpc) is 2.82. The van der Waals surface area contributed by atoms with E-state index in [-0.39, 0.29) is 11.4 Å². The minimum absolute atomic E-state index is 0.124. The SMILES string of the molecule is CCc1cccc(-c2ccc(C(=N)C(NC(=O)OC(C)c3ccccc3Cl)C(C)=N)cc2)c1. The summed E-state index contributed by atoms with van der Waals surface area (Å²) in [7, 11) is 0. The molecule has 0 aliphatic heterocycles. The highest BCUT2D eigenvalue weighted by Crippen LogP contribution is 2.25. The molecule has 2 unspecified atom stereocenters. The van der Waals surface area contributed by atoms with Gasteiger partial charge in [-0.15, -0.1) is 0 Å². The van der Waals surface area contributed by atoms with Gasteiger partial charge in [0.1, 0.15) is 12.1 Å². The number of amides is 1. The van der Waals surface area contributed by atoms with Crippen molar-refractivity contribution in [2.45, 2.75) is 39.3 Å². The van der Waals surface area contributed by atoms with Gasteiger partial charge in [-0.25, -0.2) is 4.79 Å². The smallest absolute Gasteiger partial charge is 0.408 e. The molecule has 1 amide bonds. The van der Waals surface area contributed by atoms with E-state index in [1.54, 1.807) is 32.0 Å². The number of rotatable bonds is 8. The Hall–Kier alpha value is -3.44. The zero-order chi connectivity index (χ0) is 24.0. The molecule has 0 spiro atoms. The minimum atomic E-state index is -0.898. The molecule has 170 valence electrons. The third-order valence-corrected chi connectivity index (χ3v) is 5.82. The van der Waals surface area contributed by atoms with E-state index in [1.165, 1.54) is 5.56 Å². The molecule has 3 N–H and O–H groups in total. The maximum Gasteiger partial charge on any atom is 0.408 e. The molecule has 0 aliphatic carbocycles. The van der Waals surface area contributed by atoms with Crippen LogP contribution in [0.3, 0.4) is 0 Å². The first-order chi connectivity index (χ1) is 15.8. The first-order valence-corrected chi connectivity index (χ1v) is 11.2. The van der Waals surface area contributed by atoms with E-state index >= 15 is 0 Å². The summed E-state index contributed by atoms with van der Waals surface area (Å²) >= 11 is 6.18. The second-order valence-electron chi connectivity index (χ2n) is 7.87. The van der Waals surface area contributed by atoms with Crippen LogP contribution in [0.1, 0.15) is 43.6 Å². The van der Waals surface area contributed by atoms with E-state index < -0.39 is 18.2 Å². The van der Waals surface area contributed by atoms with Crippen molar-refractivity contribution in [2.24, 2.45) is 0 Å². The largest absolute Gasteiger partial charge is 0.442 e. The molecule has 0 bridgehead atoms. The molecule has 5 nitrogen and oxygen atoms in total. The van der Waals surface area contributed by atoms with Crippen LogP contribution in [0.2, 0.25) is 5.02 Å². The molecule has 6 heteroatoms. The summed E-state index contributed by atoms with van der Waals surface area (Å²) in [6, 6.07) is 22.2. The summed E-state index contributed by atoms with van der Waals surface area (Å²) in [6.07, 6.45) is -0.317. The van der Waals surface area contributed by atoms with Crippen molar-refractivity contribution >= 4 is 29.1 Å². The Morgan fingerprint density at radius 1 is 1.00 bits per heavy atom. The quantitative estimate of drug-likeness (QED) is 0.321. The zero-order valence-corrected chi connectivity index (χ0v) is 19.7. The Balaban J connectivity index is 1.71. The highest BCUT2D eigenvalue weighted by atomic mass is 35.5. The van der Waals surface area contributed by atoms with Gasteiger partial charge in [-0.05, 0) is 48.6 Å². The van der Waals surface area contributed by atoms with Gasteiger partial charge in [0.15, 0.2) is 0 Å². The molecule has 3 aromatic carbocycles. The maximum absolute atomic E-state index is 12.5. The zero-order valence-electron chi connectivity index (χ0n) is 19.0. The highest BCUT2D eigenvalue weighted by Gasteiger charge is 2.23. The number of alkyl carbamates (subject to hydrolysis) is 1. The number of carbonyl (C=O) groups is 1. The molecule has 3 rings (SSSR count).